The second-order valence-corrected chi connectivity index (χ2v) is 7.82. The summed E-state index contributed by atoms with van der Waals surface area (Å²) in [6, 6.07) is 10.3. The Balaban J connectivity index is 0.00000450. The molecule has 1 aliphatic heterocycles. The molecule has 1 heterocycles. The fourth-order valence-corrected chi connectivity index (χ4v) is 3.80. The maximum absolute atomic E-state index is 12.6. The molecule has 0 aliphatic carbocycles. The zero-order valence-corrected chi connectivity index (χ0v) is 21.0. The molecule has 1 saturated heterocycles. The molecule has 3 N–H and O–H groups in total. The lowest BCUT2D eigenvalue weighted by atomic mass is 9.98. The number of hydrogen-bond donors (Lipinski definition) is 3. The minimum Gasteiger partial charge on any atom is -0.391 e. The van der Waals surface area contributed by atoms with Crippen molar-refractivity contribution < 1.29 is 9.90 Å². The van der Waals surface area contributed by atoms with Gasteiger partial charge in [0.1, 0.15) is 0 Å². The van der Waals surface area contributed by atoms with Gasteiger partial charge in [-0.15, -0.1) is 24.0 Å². The van der Waals surface area contributed by atoms with Gasteiger partial charge >= 0.3 is 0 Å². The van der Waals surface area contributed by atoms with Gasteiger partial charge in [-0.1, -0.05) is 44.2 Å². The fourth-order valence-electron chi connectivity index (χ4n) is 3.80. The molecule has 0 radical (unpaired) electrons. The van der Waals surface area contributed by atoms with Gasteiger partial charge in [0, 0.05) is 38.0 Å². The molecule has 1 fully saturated rings. The molecule has 0 saturated carbocycles. The Bertz CT molecular complexity index is 629. The van der Waals surface area contributed by atoms with Gasteiger partial charge < -0.3 is 20.6 Å². The van der Waals surface area contributed by atoms with Crippen molar-refractivity contribution in [3.05, 3.63) is 35.9 Å². The summed E-state index contributed by atoms with van der Waals surface area (Å²) in [5.74, 6) is 1.20. The Labute approximate surface area is 198 Å². The summed E-state index contributed by atoms with van der Waals surface area (Å²) in [4.78, 5) is 19.2. The topological polar surface area (TPSA) is 77.0 Å². The summed E-state index contributed by atoms with van der Waals surface area (Å²) < 4.78 is 0. The average Bonchev–Trinajstić information content (AvgIpc) is 2.74. The zero-order chi connectivity index (χ0) is 21.1. The number of aliphatic imine (C=N–C) groups is 1. The van der Waals surface area contributed by atoms with Crippen LogP contribution >= 0.6 is 24.0 Å². The van der Waals surface area contributed by atoms with Gasteiger partial charge in [0.2, 0.25) is 5.91 Å². The van der Waals surface area contributed by atoms with Crippen molar-refractivity contribution in [2.75, 3.05) is 26.2 Å². The number of aliphatic hydroxyl groups excluding tert-OH is 1. The molecule has 1 aliphatic rings. The molecule has 7 heteroatoms. The van der Waals surface area contributed by atoms with Gasteiger partial charge in [-0.05, 0) is 38.2 Å². The molecule has 1 unspecified atom stereocenters. The minimum absolute atomic E-state index is 0. The molecule has 0 bridgehead atoms. The third kappa shape index (κ3) is 8.79. The highest BCUT2D eigenvalue weighted by Gasteiger charge is 2.26. The Hall–Kier alpha value is -1.35. The predicted octanol–water partition coefficient (Wildman–Crippen LogP) is 3.19. The van der Waals surface area contributed by atoms with E-state index in [0.29, 0.717) is 24.9 Å². The molecule has 6 nitrogen and oxygen atoms in total. The molecule has 0 spiro atoms. The van der Waals surface area contributed by atoms with Crippen LogP contribution in [0.5, 0.6) is 0 Å². The van der Waals surface area contributed by atoms with Crippen molar-refractivity contribution in [3.8, 4) is 0 Å². The SMILES string of the molecule is CCNC(=NCC(O)Cc1ccccc1)NC1CCN(C(=O)C(CC)CC)CC1.I. The van der Waals surface area contributed by atoms with Crippen LogP contribution in [-0.4, -0.2) is 60.2 Å². The first-order valence-corrected chi connectivity index (χ1v) is 11.1. The Morgan fingerprint density at radius 3 is 2.37 bits per heavy atom. The average molecular weight is 530 g/mol. The van der Waals surface area contributed by atoms with Crippen molar-refractivity contribution >= 4 is 35.8 Å². The second kappa shape index (κ2) is 14.6. The van der Waals surface area contributed by atoms with Crippen molar-refractivity contribution in [1.82, 2.24) is 15.5 Å². The number of halogens is 1. The number of aliphatic hydroxyl groups is 1. The van der Waals surface area contributed by atoms with E-state index in [0.717, 1.165) is 56.8 Å². The van der Waals surface area contributed by atoms with Crippen LogP contribution in [0, 0.1) is 5.92 Å². The molecular weight excluding hydrogens is 491 g/mol. The maximum Gasteiger partial charge on any atom is 0.225 e. The monoisotopic (exact) mass is 530 g/mol. The third-order valence-corrected chi connectivity index (χ3v) is 5.60. The van der Waals surface area contributed by atoms with Gasteiger partial charge in [0.15, 0.2) is 5.96 Å². The normalized spacial score (nSPS) is 16.2. The summed E-state index contributed by atoms with van der Waals surface area (Å²) >= 11 is 0. The number of likely N-dealkylation sites (tertiary alicyclic amines) is 1. The lowest BCUT2D eigenvalue weighted by Gasteiger charge is -2.35. The predicted molar refractivity (Wildman–Crippen MR) is 134 cm³/mol. The number of benzene rings is 1. The molecular formula is C23H39IN4O2. The Morgan fingerprint density at radius 2 is 1.80 bits per heavy atom. The largest absolute Gasteiger partial charge is 0.391 e. The second-order valence-electron chi connectivity index (χ2n) is 7.82. The van der Waals surface area contributed by atoms with Crippen LogP contribution in [-0.2, 0) is 11.2 Å². The number of nitrogens with one attached hydrogen (secondary N) is 2. The van der Waals surface area contributed by atoms with E-state index in [4.69, 9.17) is 0 Å². The van der Waals surface area contributed by atoms with E-state index in [2.05, 4.69) is 29.5 Å². The molecule has 170 valence electrons. The molecule has 1 aromatic carbocycles. The van der Waals surface area contributed by atoms with Crippen LogP contribution < -0.4 is 10.6 Å². The first kappa shape index (κ1) is 26.7. The lowest BCUT2D eigenvalue weighted by Crippen LogP contribution is -2.50. The number of guanidine groups is 1. The summed E-state index contributed by atoms with van der Waals surface area (Å²) in [6.07, 6.45) is 3.75. The Morgan fingerprint density at radius 1 is 1.17 bits per heavy atom. The van der Waals surface area contributed by atoms with E-state index in [9.17, 15) is 9.90 Å². The summed E-state index contributed by atoms with van der Waals surface area (Å²) in [5, 5.41) is 17.1. The Kier molecular flexibility index (Phi) is 13.0. The smallest absolute Gasteiger partial charge is 0.225 e. The third-order valence-electron chi connectivity index (χ3n) is 5.60. The van der Waals surface area contributed by atoms with Gasteiger partial charge in [-0.2, -0.15) is 0 Å². The maximum atomic E-state index is 12.6. The standard InChI is InChI=1S/C23H38N4O2.HI/c1-4-19(5-2)22(29)27-14-12-20(13-15-27)26-23(24-6-3)25-17-21(28)16-18-10-8-7-9-11-18;/h7-11,19-21,28H,4-6,12-17H2,1-3H3,(H2,24,25,26);1H. The molecule has 1 atom stereocenters. The minimum atomic E-state index is -0.507. The van der Waals surface area contributed by atoms with Crippen LogP contribution in [0.25, 0.3) is 0 Å². The van der Waals surface area contributed by atoms with E-state index in [1.165, 1.54) is 0 Å². The van der Waals surface area contributed by atoms with Crippen LogP contribution in [0.15, 0.2) is 35.3 Å². The molecule has 0 aromatic heterocycles. The summed E-state index contributed by atoms with van der Waals surface area (Å²) in [5.41, 5.74) is 1.11. The van der Waals surface area contributed by atoms with Crippen molar-refractivity contribution in [2.45, 2.75) is 65.0 Å². The highest BCUT2D eigenvalue weighted by molar-refractivity contribution is 14.0. The zero-order valence-electron chi connectivity index (χ0n) is 18.6. The molecule has 1 amide bonds. The van der Waals surface area contributed by atoms with E-state index in [1.54, 1.807) is 0 Å². The number of carbonyl (C=O) groups is 1. The number of amides is 1. The van der Waals surface area contributed by atoms with Crippen molar-refractivity contribution in [3.63, 3.8) is 0 Å². The van der Waals surface area contributed by atoms with Crippen molar-refractivity contribution in [1.29, 1.82) is 0 Å². The first-order chi connectivity index (χ1) is 14.1. The van der Waals surface area contributed by atoms with E-state index in [-0.39, 0.29) is 29.9 Å². The number of hydrogen-bond acceptors (Lipinski definition) is 3. The molecule has 30 heavy (non-hydrogen) atoms. The van der Waals surface area contributed by atoms with Gasteiger partial charge in [0.05, 0.1) is 12.6 Å². The van der Waals surface area contributed by atoms with Gasteiger partial charge in [0.25, 0.3) is 0 Å². The van der Waals surface area contributed by atoms with E-state index >= 15 is 0 Å². The number of piperidine rings is 1. The highest BCUT2D eigenvalue weighted by Crippen LogP contribution is 2.17. The van der Waals surface area contributed by atoms with Crippen molar-refractivity contribution in [2.24, 2.45) is 10.9 Å². The number of nitrogens with zero attached hydrogens (tertiary/aromatic N) is 2. The molecule has 2 rings (SSSR count). The van der Waals surface area contributed by atoms with E-state index < -0.39 is 6.10 Å². The van der Waals surface area contributed by atoms with Crippen LogP contribution in [0.1, 0.15) is 52.0 Å². The van der Waals surface area contributed by atoms with Crippen LogP contribution in [0.3, 0.4) is 0 Å². The molecule has 1 aromatic rings. The van der Waals surface area contributed by atoms with Crippen LogP contribution in [0.4, 0.5) is 0 Å². The van der Waals surface area contributed by atoms with E-state index in [1.807, 2.05) is 42.2 Å². The number of carbonyl (C=O) groups excluding carboxylic acids is 1. The summed E-state index contributed by atoms with van der Waals surface area (Å²) in [7, 11) is 0. The lowest BCUT2D eigenvalue weighted by molar-refractivity contribution is -0.136. The number of rotatable bonds is 9. The highest BCUT2D eigenvalue weighted by atomic mass is 127. The van der Waals surface area contributed by atoms with Gasteiger partial charge in [-0.3, -0.25) is 9.79 Å². The van der Waals surface area contributed by atoms with Gasteiger partial charge in [-0.25, -0.2) is 0 Å². The first-order valence-electron chi connectivity index (χ1n) is 11.1. The fraction of sp³-hybridized carbons (Fsp3) is 0.652. The van der Waals surface area contributed by atoms with Crippen LogP contribution in [0.2, 0.25) is 0 Å². The quantitative estimate of drug-likeness (QED) is 0.261. The summed E-state index contributed by atoms with van der Waals surface area (Å²) in [6.45, 7) is 8.93.